The van der Waals surface area contributed by atoms with Crippen molar-refractivity contribution in [2.45, 2.75) is 33.2 Å². The van der Waals surface area contributed by atoms with Crippen molar-refractivity contribution < 1.29 is 23.7 Å². The second kappa shape index (κ2) is 3.51. The zero-order valence-electron chi connectivity index (χ0n) is 7.96. The van der Waals surface area contributed by atoms with Crippen LogP contribution in [0.15, 0.2) is 0 Å². The molecule has 0 saturated carbocycles. The Morgan fingerprint density at radius 1 is 1.38 bits per heavy atom. The van der Waals surface area contributed by atoms with Crippen molar-refractivity contribution in [2.24, 2.45) is 0 Å². The lowest BCUT2D eigenvalue weighted by Crippen LogP contribution is -2.61. The van der Waals surface area contributed by atoms with E-state index in [0.29, 0.717) is 0 Å². The summed E-state index contributed by atoms with van der Waals surface area (Å²) < 4.78 is -1.41. The first-order chi connectivity index (χ1) is 5.61. The normalized spacial score (nSPS) is 16.1. The molecular formula is C7H12ClNO4. The molecule has 0 rings (SSSR count). The first-order valence-electron chi connectivity index (χ1n) is 3.62. The van der Waals surface area contributed by atoms with Crippen LogP contribution in [0.2, 0.25) is 0 Å². The molecular weight excluding hydrogens is 198 g/mol. The van der Waals surface area contributed by atoms with Crippen LogP contribution in [-0.4, -0.2) is 21.8 Å². The molecule has 76 valence electrons. The quantitative estimate of drug-likeness (QED) is 0.432. The average molecular weight is 210 g/mol. The molecule has 0 heterocycles. The number of rotatable bonds is 0. The number of hydrogen-bond donors (Lipinski definition) is 0. The van der Waals surface area contributed by atoms with Gasteiger partial charge in [0.1, 0.15) is 0 Å². The summed E-state index contributed by atoms with van der Waals surface area (Å²) in [7, 11) is 0. The number of carbonyl (C=O) groups is 2. The fraction of sp³-hybridized carbons (Fsp3) is 0.714. The highest BCUT2D eigenvalue weighted by Crippen LogP contribution is 2.28. The van der Waals surface area contributed by atoms with Gasteiger partial charge in [0.05, 0.1) is 0 Å². The Kier molecular flexibility index (Phi) is 3.29. The van der Waals surface area contributed by atoms with E-state index in [1.807, 2.05) is 0 Å². The molecule has 0 aliphatic heterocycles. The van der Waals surface area contributed by atoms with Crippen molar-refractivity contribution >= 4 is 23.8 Å². The van der Waals surface area contributed by atoms with Gasteiger partial charge in [-0.3, -0.25) is 4.84 Å². The van der Waals surface area contributed by atoms with Gasteiger partial charge in [-0.05, 0) is 20.8 Å². The average Bonchev–Trinajstić information content (AvgIpc) is 1.82. The van der Waals surface area contributed by atoms with Crippen LogP contribution >= 0.6 is 11.8 Å². The molecule has 0 aliphatic rings. The van der Waals surface area contributed by atoms with Gasteiger partial charge in [-0.1, -0.05) is 0 Å². The van der Waals surface area contributed by atoms with Gasteiger partial charge < -0.3 is 9.90 Å². The number of hydroxylamine groups is 2. The van der Waals surface area contributed by atoms with Crippen LogP contribution in [0.5, 0.6) is 0 Å². The lowest BCUT2D eigenvalue weighted by molar-refractivity contribution is -0.984. The molecule has 0 aromatic carbocycles. The third kappa shape index (κ3) is 2.57. The van der Waals surface area contributed by atoms with Crippen molar-refractivity contribution in [1.82, 2.24) is 0 Å². The Labute approximate surface area is 81.5 Å². The molecule has 0 aromatic rings. The molecule has 0 radical (unpaired) electrons. The molecule has 0 aromatic heterocycles. The Bertz CT molecular complexity index is 235. The van der Waals surface area contributed by atoms with E-state index in [0.717, 1.165) is 6.92 Å². The van der Waals surface area contributed by atoms with Gasteiger partial charge in [0.15, 0.2) is 5.54 Å². The fourth-order valence-electron chi connectivity index (χ4n) is 0.625. The van der Waals surface area contributed by atoms with Crippen LogP contribution in [0, 0.1) is 0 Å². The zero-order valence-corrected chi connectivity index (χ0v) is 8.71. The Morgan fingerprint density at radius 2 is 1.77 bits per heavy atom. The van der Waals surface area contributed by atoms with E-state index in [1.54, 1.807) is 0 Å². The number of hydrogen-bond acceptors (Lipinski definition) is 4. The first-order valence-corrected chi connectivity index (χ1v) is 3.95. The predicted octanol–water partition coefficient (Wildman–Crippen LogP) is 0.577. The highest BCUT2D eigenvalue weighted by molar-refractivity contribution is 6.11. The zero-order chi connectivity index (χ0) is 10.9. The summed E-state index contributed by atoms with van der Waals surface area (Å²) in [5.74, 6) is -0.783. The van der Waals surface area contributed by atoms with Gasteiger partial charge >= 0.3 is 12.1 Å². The molecule has 5 nitrogen and oxygen atoms in total. The van der Waals surface area contributed by atoms with Crippen LogP contribution in [-0.2, 0) is 9.63 Å². The van der Waals surface area contributed by atoms with Gasteiger partial charge in [0.2, 0.25) is 11.8 Å². The van der Waals surface area contributed by atoms with E-state index in [9.17, 15) is 14.7 Å². The molecule has 1 unspecified atom stereocenters. The van der Waals surface area contributed by atoms with E-state index in [1.165, 1.54) is 20.8 Å². The number of carbonyl (C=O) groups excluding carboxylic acids is 2. The second-order valence-electron chi connectivity index (χ2n) is 3.55. The predicted molar refractivity (Wildman–Crippen MR) is 43.0 cm³/mol. The number of amides is 1. The van der Waals surface area contributed by atoms with E-state index >= 15 is 0 Å². The summed E-state index contributed by atoms with van der Waals surface area (Å²) in [6, 6.07) is 0. The molecule has 0 N–H and O–H groups in total. The Hall–Kier alpha value is -0.810. The fourth-order valence-corrected chi connectivity index (χ4v) is 0.722. The summed E-state index contributed by atoms with van der Waals surface area (Å²) >= 11 is 5.58. The first kappa shape index (κ1) is 12.2. The standard InChI is InChI=1S/C7H12ClNO4/c1-5(10)13-9(8,6(11)12)7(2,3)4/h1-4H3. The third-order valence-corrected chi connectivity index (χ3v) is 2.07. The second-order valence-corrected chi connectivity index (χ2v) is 4.03. The van der Waals surface area contributed by atoms with Crippen molar-refractivity contribution in [1.29, 1.82) is 0 Å². The number of quaternary nitrogens is 1. The van der Waals surface area contributed by atoms with Gasteiger partial charge in [-0.25, -0.2) is 4.79 Å². The minimum absolute atomic E-state index is 0.783. The molecule has 13 heavy (non-hydrogen) atoms. The largest absolute Gasteiger partial charge is 0.494 e. The Morgan fingerprint density at radius 3 is 1.85 bits per heavy atom. The molecule has 1 atom stereocenters. The molecule has 6 heteroatoms. The van der Waals surface area contributed by atoms with E-state index < -0.39 is 21.8 Å². The summed E-state index contributed by atoms with van der Waals surface area (Å²) in [6.07, 6.45) is -1.68. The van der Waals surface area contributed by atoms with Crippen LogP contribution in [0.1, 0.15) is 27.7 Å². The monoisotopic (exact) mass is 209 g/mol. The number of carboxylic acid groups (broad SMARTS) is 1. The Balaban J connectivity index is 4.96. The molecule has 0 spiro atoms. The molecule has 0 saturated heterocycles. The van der Waals surface area contributed by atoms with Crippen molar-refractivity contribution in [3.05, 3.63) is 0 Å². The SMILES string of the molecule is CC(=O)O[N+](Cl)(C(=O)[O-])C(C)(C)C. The molecule has 0 bridgehead atoms. The van der Waals surface area contributed by atoms with Crippen LogP contribution < -0.4 is 5.11 Å². The van der Waals surface area contributed by atoms with Crippen LogP contribution in [0.4, 0.5) is 4.79 Å². The summed E-state index contributed by atoms with van der Waals surface area (Å²) in [4.78, 5) is 25.7. The topological polar surface area (TPSA) is 66.4 Å². The maximum atomic E-state index is 10.7. The number of halogens is 1. The van der Waals surface area contributed by atoms with Crippen molar-refractivity contribution in [3.8, 4) is 0 Å². The van der Waals surface area contributed by atoms with E-state index in [-0.39, 0.29) is 0 Å². The van der Waals surface area contributed by atoms with Gasteiger partial charge in [-0.2, -0.15) is 0 Å². The molecule has 1 amide bonds. The van der Waals surface area contributed by atoms with Gasteiger partial charge in [0.25, 0.3) is 0 Å². The summed E-state index contributed by atoms with van der Waals surface area (Å²) in [6.45, 7) is 5.61. The third-order valence-electron chi connectivity index (χ3n) is 1.35. The van der Waals surface area contributed by atoms with E-state index in [4.69, 9.17) is 11.8 Å². The minimum Gasteiger partial charge on any atom is -0.494 e. The van der Waals surface area contributed by atoms with Crippen LogP contribution in [0.3, 0.4) is 0 Å². The smallest absolute Gasteiger partial charge is 0.366 e. The maximum Gasteiger partial charge on any atom is 0.366 e. The number of nitrogens with zero attached hydrogens (tertiary/aromatic N) is 1. The van der Waals surface area contributed by atoms with Gasteiger partial charge in [0, 0.05) is 11.1 Å². The highest BCUT2D eigenvalue weighted by Gasteiger charge is 2.47. The van der Waals surface area contributed by atoms with Crippen LogP contribution in [0.25, 0.3) is 0 Å². The minimum atomic E-state index is -1.68. The summed E-state index contributed by atoms with van der Waals surface area (Å²) in [5, 5.41) is 10.7. The molecule has 0 fully saturated rings. The van der Waals surface area contributed by atoms with Crippen molar-refractivity contribution in [2.75, 3.05) is 0 Å². The maximum absolute atomic E-state index is 10.7. The highest BCUT2D eigenvalue weighted by atomic mass is 35.5. The van der Waals surface area contributed by atoms with E-state index in [2.05, 4.69) is 4.84 Å². The summed E-state index contributed by atoms with van der Waals surface area (Å²) in [5.41, 5.74) is -0.994. The lowest BCUT2D eigenvalue weighted by Gasteiger charge is -2.35. The van der Waals surface area contributed by atoms with Crippen molar-refractivity contribution in [3.63, 3.8) is 0 Å². The molecule has 0 aliphatic carbocycles. The lowest BCUT2D eigenvalue weighted by atomic mass is 10.1. The van der Waals surface area contributed by atoms with Gasteiger partial charge in [-0.15, -0.1) is 0 Å².